The SMILES string of the molecule is Cl.FCN1CCNCC1. The molecule has 0 unspecified atom stereocenters. The van der Waals surface area contributed by atoms with Crippen LogP contribution in [0.2, 0.25) is 0 Å². The quantitative estimate of drug-likeness (QED) is 0.545. The van der Waals surface area contributed by atoms with Crippen LogP contribution in [0.5, 0.6) is 0 Å². The van der Waals surface area contributed by atoms with Crippen molar-refractivity contribution in [1.29, 1.82) is 0 Å². The van der Waals surface area contributed by atoms with Gasteiger partial charge in [0.05, 0.1) is 0 Å². The lowest BCUT2D eigenvalue weighted by molar-refractivity contribution is 0.166. The number of rotatable bonds is 1. The second kappa shape index (κ2) is 4.97. The van der Waals surface area contributed by atoms with Gasteiger partial charge in [0.15, 0.2) is 0 Å². The van der Waals surface area contributed by atoms with Crippen molar-refractivity contribution in [2.75, 3.05) is 33.0 Å². The molecule has 9 heavy (non-hydrogen) atoms. The lowest BCUT2D eigenvalue weighted by Gasteiger charge is -2.23. The van der Waals surface area contributed by atoms with Gasteiger partial charge in [0.2, 0.25) is 0 Å². The van der Waals surface area contributed by atoms with E-state index in [4.69, 9.17) is 0 Å². The molecule has 1 N–H and O–H groups in total. The van der Waals surface area contributed by atoms with Crippen molar-refractivity contribution < 1.29 is 4.39 Å². The van der Waals surface area contributed by atoms with Crippen LogP contribution in [0.4, 0.5) is 4.39 Å². The third-order valence-electron chi connectivity index (χ3n) is 1.38. The molecule has 0 aromatic rings. The fourth-order valence-corrected chi connectivity index (χ4v) is 0.831. The van der Waals surface area contributed by atoms with Crippen molar-refractivity contribution in [3.63, 3.8) is 0 Å². The van der Waals surface area contributed by atoms with Crippen LogP contribution in [-0.4, -0.2) is 37.9 Å². The van der Waals surface area contributed by atoms with E-state index in [0.29, 0.717) is 0 Å². The van der Waals surface area contributed by atoms with Gasteiger partial charge >= 0.3 is 0 Å². The van der Waals surface area contributed by atoms with Crippen LogP contribution in [0.25, 0.3) is 0 Å². The molecule has 1 aliphatic heterocycles. The number of alkyl halides is 1. The van der Waals surface area contributed by atoms with E-state index in [1.54, 1.807) is 4.90 Å². The second-order valence-corrected chi connectivity index (χ2v) is 1.99. The summed E-state index contributed by atoms with van der Waals surface area (Å²) in [6.07, 6.45) is 0. The molecule has 1 aliphatic rings. The Bertz CT molecular complexity index is 66.0. The van der Waals surface area contributed by atoms with E-state index < -0.39 is 0 Å². The molecular weight excluding hydrogens is 143 g/mol. The number of halogens is 2. The molecule has 0 radical (unpaired) electrons. The first-order valence-corrected chi connectivity index (χ1v) is 2.92. The van der Waals surface area contributed by atoms with Crippen LogP contribution in [0.1, 0.15) is 0 Å². The molecule has 0 aromatic heterocycles. The van der Waals surface area contributed by atoms with E-state index in [2.05, 4.69) is 5.32 Å². The topological polar surface area (TPSA) is 15.3 Å². The summed E-state index contributed by atoms with van der Waals surface area (Å²) in [5.74, 6) is 0. The molecule has 56 valence electrons. The Labute approximate surface area is 60.8 Å². The molecule has 0 aromatic carbocycles. The lowest BCUT2D eigenvalue weighted by atomic mass is 10.4. The van der Waals surface area contributed by atoms with Gasteiger partial charge in [0, 0.05) is 26.2 Å². The minimum atomic E-state index is -0.290. The van der Waals surface area contributed by atoms with Crippen LogP contribution in [0, 0.1) is 0 Å². The van der Waals surface area contributed by atoms with Gasteiger partial charge in [-0.2, -0.15) is 0 Å². The Balaban J connectivity index is 0.000000640. The maximum absolute atomic E-state index is 11.8. The van der Waals surface area contributed by atoms with Crippen LogP contribution in [0.15, 0.2) is 0 Å². The molecule has 0 aliphatic carbocycles. The highest BCUT2D eigenvalue weighted by Crippen LogP contribution is 1.89. The minimum Gasteiger partial charge on any atom is -0.314 e. The van der Waals surface area contributed by atoms with Crippen molar-refractivity contribution in [3.8, 4) is 0 Å². The largest absolute Gasteiger partial charge is 0.314 e. The third-order valence-corrected chi connectivity index (χ3v) is 1.38. The molecule has 0 bridgehead atoms. The van der Waals surface area contributed by atoms with Crippen LogP contribution in [0.3, 0.4) is 0 Å². The maximum Gasteiger partial charge on any atom is 0.143 e. The Morgan fingerprint density at radius 3 is 2.22 bits per heavy atom. The summed E-state index contributed by atoms with van der Waals surface area (Å²) in [5, 5.41) is 3.14. The zero-order chi connectivity index (χ0) is 5.82. The van der Waals surface area contributed by atoms with Gasteiger partial charge < -0.3 is 5.32 Å². The summed E-state index contributed by atoms with van der Waals surface area (Å²) in [6, 6.07) is 0. The molecule has 4 heteroatoms. The normalized spacial score (nSPS) is 21.0. The van der Waals surface area contributed by atoms with Gasteiger partial charge in [-0.15, -0.1) is 12.4 Å². The number of hydrogen-bond donors (Lipinski definition) is 1. The van der Waals surface area contributed by atoms with Crippen molar-refractivity contribution in [1.82, 2.24) is 10.2 Å². The fourth-order valence-electron chi connectivity index (χ4n) is 0.831. The first-order chi connectivity index (χ1) is 3.93. The fraction of sp³-hybridized carbons (Fsp3) is 1.00. The van der Waals surface area contributed by atoms with E-state index >= 15 is 0 Å². The van der Waals surface area contributed by atoms with Gasteiger partial charge in [-0.25, -0.2) is 4.39 Å². The van der Waals surface area contributed by atoms with E-state index in [9.17, 15) is 4.39 Å². The molecule has 0 amide bonds. The zero-order valence-corrected chi connectivity index (χ0v) is 6.09. The van der Waals surface area contributed by atoms with Gasteiger partial charge in [0.25, 0.3) is 0 Å². The molecule has 1 fully saturated rings. The first-order valence-electron chi connectivity index (χ1n) is 2.92. The molecule has 1 heterocycles. The van der Waals surface area contributed by atoms with Crippen LogP contribution < -0.4 is 5.32 Å². The second-order valence-electron chi connectivity index (χ2n) is 1.99. The molecule has 2 nitrogen and oxygen atoms in total. The number of nitrogens with one attached hydrogen (secondary N) is 1. The third kappa shape index (κ3) is 2.98. The van der Waals surface area contributed by atoms with Crippen molar-refractivity contribution >= 4 is 12.4 Å². The predicted molar refractivity (Wildman–Crippen MR) is 37.7 cm³/mol. The van der Waals surface area contributed by atoms with E-state index in [0.717, 1.165) is 26.2 Å². The first kappa shape index (κ1) is 9.14. The van der Waals surface area contributed by atoms with Gasteiger partial charge in [-0.1, -0.05) is 0 Å². The Morgan fingerprint density at radius 1 is 1.33 bits per heavy atom. The van der Waals surface area contributed by atoms with E-state index in [1.807, 2.05) is 0 Å². The Kier molecular flexibility index (Phi) is 5.04. The van der Waals surface area contributed by atoms with Crippen LogP contribution in [-0.2, 0) is 0 Å². The summed E-state index contributed by atoms with van der Waals surface area (Å²) in [4.78, 5) is 1.79. The number of hydrogen-bond acceptors (Lipinski definition) is 2. The van der Waals surface area contributed by atoms with Gasteiger partial charge in [0.1, 0.15) is 6.80 Å². The summed E-state index contributed by atoms with van der Waals surface area (Å²) < 4.78 is 11.8. The molecule has 0 spiro atoms. The molecule has 0 atom stereocenters. The Morgan fingerprint density at radius 2 is 1.89 bits per heavy atom. The summed E-state index contributed by atoms with van der Waals surface area (Å²) in [6.45, 7) is 3.29. The predicted octanol–water partition coefficient (Wildman–Crippen LogP) is 0.240. The summed E-state index contributed by atoms with van der Waals surface area (Å²) in [5.41, 5.74) is 0. The standard InChI is InChI=1S/C5H11FN2.ClH/c6-5-8-3-1-7-2-4-8;/h7H,1-5H2;1H. The van der Waals surface area contributed by atoms with E-state index in [1.165, 1.54) is 0 Å². The van der Waals surface area contributed by atoms with Gasteiger partial charge in [-0.3, -0.25) is 4.90 Å². The monoisotopic (exact) mass is 154 g/mol. The number of piperazine rings is 1. The summed E-state index contributed by atoms with van der Waals surface area (Å²) >= 11 is 0. The summed E-state index contributed by atoms with van der Waals surface area (Å²) in [7, 11) is 0. The highest BCUT2D eigenvalue weighted by Gasteiger charge is 2.06. The maximum atomic E-state index is 11.8. The van der Waals surface area contributed by atoms with Crippen molar-refractivity contribution in [2.24, 2.45) is 0 Å². The Hall–Kier alpha value is 0.140. The molecule has 0 saturated carbocycles. The molecular formula is C5H12ClFN2. The minimum absolute atomic E-state index is 0. The van der Waals surface area contributed by atoms with Crippen molar-refractivity contribution in [2.45, 2.75) is 0 Å². The van der Waals surface area contributed by atoms with E-state index in [-0.39, 0.29) is 19.2 Å². The molecule has 1 rings (SSSR count). The highest BCUT2D eigenvalue weighted by molar-refractivity contribution is 5.85. The highest BCUT2D eigenvalue weighted by atomic mass is 35.5. The average Bonchev–Trinajstić information content (AvgIpc) is 1.90. The smallest absolute Gasteiger partial charge is 0.143 e. The van der Waals surface area contributed by atoms with Crippen molar-refractivity contribution in [3.05, 3.63) is 0 Å². The average molecular weight is 155 g/mol. The lowest BCUT2D eigenvalue weighted by Crippen LogP contribution is -2.42. The number of nitrogens with zero attached hydrogens (tertiary/aromatic N) is 1. The van der Waals surface area contributed by atoms with Gasteiger partial charge in [-0.05, 0) is 0 Å². The van der Waals surface area contributed by atoms with Crippen LogP contribution >= 0.6 is 12.4 Å². The zero-order valence-electron chi connectivity index (χ0n) is 5.27. The molecule has 1 saturated heterocycles.